The van der Waals surface area contributed by atoms with E-state index in [1.807, 2.05) is 0 Å². The third-order valence-corrected chi connectivity index (χ3v) is 3.36. The molecule has 0 aliphatic carbocycles. The Morgan fingerprint density at radius 2 is 2.14 bits per heavy atom. The largest absolute Gasteiger partial charge is 0.218 e. The van der Waals surface area contributed by atoms with Crippen molar-refractivity contribution in [2.45, 2.75) is 11.8 Å². The maximum absolute atomic E-state index is 11.6. The Kier molecular flexibility index (Phi) is 2.73. The molecule has 0 N–H and O–H groups in total. The molecule has 3 nitrogen and oxygen atoms in total. The number of nitrogens with zero attached hydrogens (tertiary/aromatic N) is 1. The van der Waals surface area contributed by atoms with Gasteiger partial charge in [0.05, 0.1) is 4.90 Å². The van der Waals surface area contributed by atoms with Crippen LogP contribution in [0.3, 0.4) is 0 Å². The molecule has 1 rings (SSSR count). The van der Waals surface area contributed by atoms with E-state index in [-0.39, 0.29) is 4.90 Å². The Morgan fingerprint density at radius 1 is 1.50 bits per heavy atom. The van der Waals surface area contributed by atoms with Crippen LogP contribution in [0.4, 0.5) is 0 Å². The molecular weight excluding hydrogens is 198 g/mol. The normalized spacial score (nSPS) is 10.6. The number of hydrogen-bond acceptors (Lipinski definition) is 3. The van der Waals surface area contributed by atoms with E-state index in [1.165, 1.54) is 12.1 Å². The first-order chi connectivity index (χ1) is 6.48. The van der Waals surface area contributed by atoms with Crippen LogP contribution in [0.5, 0.6) is 0 Å². The van der Waals surface area contributed by atoms with E-state index in [0.717, 1.165) is 5.56 Å². The van der Waals surface area contributed by atoms with Crippen molar-refractivity contribution in [2.75, 3.05) is 0 Å². The fraction of sp³-hybridized carbons (Fsp3) is 0.100. The molecule has 0 unspecified atom stereocenters. The number of nitriles is 1. The zero-order valence-corrected chi connectivity index (χ0v) is 8.50. The smallest absolute Gasteiger partial charge is 0.216 e. The van der Waals surface area contributed by atoms with Gasteiger partial charge in [-0.3, -0.25) is 0 Å². The molecule has 0 aliphatic heterocycles. The molecule has 0 bridgehead atoms. The van der Waals surface area contributed by atoms with Crippen molar-refractivity contribution in [2.24, 2.45) is 0 Å². The summed E-state index contributed by atoms with van der Waals surface area (Å²) in [5.41, 5.74) is 0.830. The van der Waals surface area contributed by atoms with E-state index in [2.05, 4.69) is 6.58 Å². The second-order valence-electron chi connectivity index (χ2n) is 2.85. The number of allylic oxidation sites excluding steroid dienone is 1. The van der Waals surface area contributed by atoms with Gasteiger partial charge in [0.25, 0.3) is 0 Å². The predicted molar refractivity (Wildman–Crippen MR) is 53.1 cm³/mol. The molecule has 0 saturated carbocycles. The van der Waals surface area contributed by atoms with E-state index in [1.54, 1.807) is 25.1 Å². The molecular formula is C10H9NO2S. The highest BCUT2D eigenvalue weighted by molar-refractivity contribution is 7.95. The standard InChI is InChI=1S/C10H9NO2S/c1-8-4-3-5-10(6-8)14(12,13)9(2)7-11/h3-6H,2H2,1H3. The van der Waals surface area contributed by atoms with Crippen molar-refractivity contribution < 1.29 is 8.42 Å². The van der Waals surface area contributed by atoms with E-state index in [0.29, 0.717) is 0 Å². The van der Waals surface area contributed by atoms with Gasteiger partial charge in [0.15, 0.2) is 0 Å². The summed E-state index contributed by atoms with van der Waals surface area (Å²) in [6.07, 6.45) is 0. The minimum absolute atomic E-state index is 0.115. The highest BCUT2D eigenvalue weighted by atomic mass is 32.2. The Morgan fingerprint density at radius 3 is 2.64 bits per heavy atom. The fourth-order valence-electron chi connectivity index (χ4n) is 0.985. The zero-order valence-electron chi connectivity index (χ0n) is 7.69. The maximum atomic E-state index is 11.6. The minimum Gasteiger partial charge on any atom is -0.218 e. The van der Waals surface area contributed by atoms with Crippen LogP contribution in [0.1, 0.15) is 5.56 Å². The van der Waals surface area contributed by atoms with Gasteiger partial charge >= 0.3 is 0 Å². The molecule has 0 atom stereocenters. The molecule has 0 fully saturated rings. The molecule has 0 radical (unpaired) electrons. The second-order valence-corrected chi connectivity index (χ2v) is 4.83. The van der Waals surface area contributed by atoms with E-state index in [4.69, 9.17) is 5.26 Å². The Bertz CT molecular complexity index is 509. The summed E-state index contributed by atoms with van der Waals surface area (Å²) in [7, 11) is -3.67. The molecule has 72 valence electrons. The van der Waals surface area contributed by atoms with Crippen LogP contribution >= 0.6 is 0 Å². The average Bonchev–Trinajstić information content (AvgIpc) is 2.16. The summed E-state index contributed by atoms with van der Waals surface area (Å²) >= 11 is 0. The van der Waals surface area contributed by atoms with Crippen LogP contribution in [-0.4, -0.2) is 8.42 Å². The summed E-state index contributed by atoms with van der Waals surface area (Å²) in [6.45, 7) is 4.99. The van der Waals surface area contributed by atoms with Gasteiger partial charge in [0.1, 0.15) is 11.0 Å². The second kappa shape index (κ2) is 3.64. The summed E-state index contributed by atoms with van der Waals surface area (Å²) in [6, 6.07) is 7.92. The van der Waals surface area contributed by atoms with Crippen molar-refractivity contribution >= 4 is 9.84 Å². The highest BCUT2D eigenvalue weighted by Crippen LogP contribution is 2.17. The number of benzene rings is 1. The van der Waals surface area contributed by atoms with E-state index < -0.39 is 14.7 Å². The van der Waals surface area contributed by atoms with Gasteiger partial charge in [0.2, 0.25) is 9.84 Å². The summed E-state index contributed by atoms with van der Waals surface area (Å²) in [5.74, 6) is 0. The van der Waals surface area contributed by atoms with Crippen molar-refractivity contribution in [3.63, 3.8) is 0 Å². The maximum Gasteiger partial charge on any atom is 0.216 e. The molecule has 1 aromatic carbocycles. The van der Waals surface area contributed by atoms with Gasteiger partial charge in [-0.2, -0.15) is 5.26 Å². The lowest BCUT2D eigenvalue weighted by atomic mass is 10.2. The Balaban J connectivity index is 3.33. The molecule has 1 aromatic rings. The Hall–Kier alpha value is -1.60. The average molecular weight is 207 g/mol. The lowest BCUT2D eigenvalue weighted by Gasteiger charge is -2.01. The highest BCUT2D eigenvalue weighted by Gasteiger charge is 2.18. The molecule has 0 aromatic heterocycles. The van der Waals surface area contributed by atoms with Gasteiger partial charge in [-0.15, -0.1) is 0 Å². The van der Waals surface area contributed by atoms with Crippen LogP contribution in [0.25, 0.3) is 0 Å². The lowest BCUT2D eigenvalue weighted by molar-refractivity contribution is 0.603. The fourth-order valence-corrected chi connectivity index (χ4v) is 1.99. The molecule has 0 heterocycles. The topological polar surface area (TPSA) is 57.9 Å². The monoisotopic (exact) mass is 207 g/mol. The summed E-state index contributed by atoms with van der Waals surface area (Å²) < 4.78 is 23.2. The van der Waals surface area contributed by atoms with Gasteiger partial charge in [0, 0.05) is 0 Å². The quantitative estimate of drug-likeness (QED) is 0.695. The third kappa shape index (κ3) is 1.83. The number of sulfone groups is 1. The van der Waals surface area contributed by atoms with Crippen molar-refractivity contribution in [3.8, 4) is 6.07 Å². The van der Waals surface area contributed by atoms with E-state index >= 15 is 0 Å². The van der Waals surface area contributed by atoms with Crippen molar-refractivity contribution in [3.05, 3.63) is 41.3 Å². The van der Waals surface area contributed by atoms with Gasteiger partial charge in [-0.1, -0.05) is 18.7 Å². The van der Waals surface area contributed by atoms with Gasteiger partial charge in [-0.05, 0) is 24.6 Å². The first-order valence-electron chi connectivity index (χ1n) is 3.89. The van der Waals surface area contributed by atoms with Gasteiger partial charge < -0.3 is 0 Å². The summed E-state index contributed by atoms with van der Waals surface area (Å²) in [4.78, 5) is -0.313. The van der Waals surface area contributed by atoms with Crippen molar-refractivity contribution in [1.29, 1.82) is 5.26 Å². The van der Waals surface area contributed by atoms with Crippen LogP contribution in [0.15, 0.2) is 40.6 Å². The number of rotatable bonds is 2. The van der Waals surface area contributed by atoms with E-state index in [9.17, 15) is 8.42 Å². The molecule has 0 spiro atoms. The van der Waals surface area contributed by atoms with Gasteiger partial charge in [-0.25, -0.2) is 8.42 Å². The predicted octanol–water partition coefficient (Wildman–Crippen LogP) is 1.81. The summed E-state index contributed by atoms with van der Waals surface area (Å²) in [5, 5.41) is 8.47. The molecule has 0 saturated heterocycles. The zero-order chi connectivity index (χ0) is 10.8. The van der Waals surface area contributed by atoms with Crippen LogP contribution in [-0.2, 0) is 9.84 Å². The van der Waals surface area contributed by atoms with Crippen molar-refractivity contribution in [1.82, 2.24) is 0 Å². The molecule has 14 heavy (non-hydrogen) atoms. The first kappa shape index (κ1) is 10.5. The Labute approximate surface area is 83.2 Å². The number of aryl methyl sites for hydroxylation is 1. The minimum atomic E-state index is -3.67. The molecule has 0 aliphatic rings. The lowest BCUT2D eigenvalue weighted by Crippen LogP contribution is -2.02. The van der Waals surface area contributed by atoms with Crippen LogP contribution < -0.4 is 0 Å². The molecule has 4 heteroatoms. The third-order valence-electron chi connectivity index (χ3n) is 1.75. The van der Waals surface area contributed by atoms with Crippen LogP contribution in [0.2, 0.25) is 0 Å². The first-order valence-corrected chi connectivity index (χ1v) is 5.37. The number of hydrogen-bond donors (Lipinski definition) is 0. The van der Waals surface area contributed by atoms with Crippen LogP contribution in [0, 0.1) is 18.3 Å². The molecule has 0 amide bonds. The SMILES string of the molecule is C=C(C#N)S(=O)(=O)c1cccc(C)c1.